The minimum absolute atomic E-state index is 0. The van der Waals surface area contributed by atoms with Gasteiger partial charge in [0.25, 0.3) is 0 Å². The maximum Gasteiger partial charge on any atom is 0.243 e. The largest absolute Gasteiger partial charge is 0.489 e. The zero-order chi connectivity index (χ0) is 21.2. The molecular weight excluding hydrogens is 500 g/mol. The van der Waals surface area contributed by atoms with Crippen molar-refractivity contribution in [3.05, 3.63) is 30.1 Å². The van der Waals surface area contributed by atoms with Gasteiger partial charge in [-0.15, -0.1) is 24.0 Å². The number of carbonyl (C=O) groups excluding carboxylic acids is 1. The zero-order valence-corrected chi connectivity index (χ0v) is 20.7. The van der Waals surface area contributed by atoms with Crippen molar-refractivity contribution in [3.63, 3.8) is 0 Å². The summed E-state index contributed by atoms with van der Waals surface area (Å²) in [5.41, 5.74) is 0. The number of guanidine groups is 1. The molecule has 2 rings (SSSR count). The molecule has 1 aromatic carbocycles. The average Bonchev–Trinajstić information content (AvgIpc) is 3.16. The normalized spacial score (nSPS) is 17.8. The summed E-state index contributed by atoms with van der Waals surface area (Å²) >= 11 is 0. The van der Waals surface area contributed by atoms with Gasteiger partial charge in [-0.05, 0) is 57.1 Å². The second kappa shape index (κ2) is 13.6. The minimum Gasteiger partial charge on any atom is -0.489 e. The number of amides is 1. The number of carbonyl (C=O) groups is 1. The molecule has 1 saturated heterocycles. The molecule has 170 valence electrons. The van der Waals surface area contributed by atoms with Crippen LogP contribution in [0.15, 0.2) is 29.3 Å². The second-order valence-corrected chi connectivity index (χ2v) is 7.52. The minimum atomic E-state index is -0.291. The lowest BCUT2D eigenvalue weighted by atomic mass is 10.2. The van der Waals surface area contributed by atoms with Crippen molar-refractivity contribution in [2.24, 2.45) is 4.99 Å². The third kappa shape index (κ3) is 9.03. The van der Waals surface area contributed by atoms with E-state index in [9.17, 15) is 9.18 Å². The summed E-state index contributed by atoms with van der Waals surface area (Å²) in [6.07, 6.45) is 2.21. The quantitative estimate of drug-likeness (QED) is 0.289. The van der Waals surface area contributed by atoms with E-state index in [1.54, 1.807) is 26.2 Å². The number of rotatable bonds is 9. The molecule has 2 N–H and O–H groups in total. The molecule has 0 radical (unpaired) electrons. The van der Waals surface area contributed by atoms with Gasteiger partial charge in [-0.2, -0.15) is 0 Å². The number of nitrogens with zero attached hydrogens (tertiary/aromatic N) is 3. The van der Waals surface area contributed by atoms with E-state index >= 15 is 0 Å². The first-order chi connectivity index (χ1) is 13.9. The van der Waals surface area contributed by atoms with Crippen molar-refractivity contribution in [1.29, 1.82) is 0 Å². The van der Waals surface area contributed by atoms with Crippen molar-refractivity contribution < 1.29 is 13.9 Å². The van der Waals surface area contributed by atoms with Gasteiger partial charge in [0.2, 0.25) is 5.91 Å². The summed E-state index contributed by atoms with van der Waals surface area (Å²) in [7, 11) is 3.43. The lowest BCUT2D eigenvalue weighted by Gasteiger charge is -2.24. The molecule has 0 spiro atoms. The molecule has 30 heavy (non-hydrogen) atoms. The number of hydrogen-bond acceptors (Lipinski definition) is 4. The maximum atomic E-state index is 13.0. The van der Waals surface area contributed by atoms with E-state index < -0.39 is 0 Å². The van der Waals surface area contributed by atoms with E-state index in [4.69, 9.17) is 4.74 Å². The maximum absolute atomic E-state index is 13.0. The van der Waals surface area contributed by atoms with Gasteiger partial charge in [-0.1, -0.05) is 6.92 Å². The molecule has 1 aliphatic rings. The number of nitrogens with one attached hydrogen (secondary N) is 2. The van der Waals surface area contributed by atoms with E-state index in [1.165, 1.54) is 23.5 Å². The first-order valence-corrected chi connectivity index (χ1v) is 10.3. The third-order valence-corrected chi connectivity index (χ3v) is 4.99. The standard InChI is InChI=1S/C21H34FN5O2.HI/c1-5-27-12-6-7-18(27)14-24-21(25-15-20(28)26(3)4)23-13-16(2)29-19-10-8-17(22)9-11-19;/h8-11,16,18H,5-7,12-15H2,1-4H3,(H2,23,24,25);1H. The topological polar surface area (TPSA) is 69.2 Å². The van der Waals surface area contributed by atoms with Gasteiger partial charge in [0.15, 0.2) is 5.96 Å². The highest BCUT2D eigenvalue weighted by molar-refractivity contribution is 14.0. The van der Waals surface area contributed by atoms with Crippen LogP contribution in [0.5, 0.6) is 5.75 Å². The van der Waals surface area contributed by atoms with Crippen LogP contribution in [0.2, 0.25) is 0 Å². The number of benzene rings is 1. The van der Waals surface area contributed by atoms with Crippen molar-refractivity contribution in [1.82, 2.24) is 20.4 Å². The fraction of sp³-hybridized carbons (Fsp3) is 0.619. The average molecular weight is 535 g/mol. The van der Waals surface area contributed by atoms with E-state index in [2.05, 4.69) is 27.4 Å². The Hall–Kier alpha value is -1.62. The van der Waals surface area contributed by atoms with Gasteiger partial charge >= 0.3 is 0 Å². The molecule has 0 bridgehead atoms. The van der Waals surface area contributed by atoms with Crippen LogP contribution in [-0.2, 0) is 4.79 Å². The fourth-order valence-electron chi connectivity index (χ4n) is 3.25. The molecule has 1 aliphatic heterocycles. The number of halogens is 2. The molecule has 7 nitrogen and oxygen atoms in total. The number of aliphatic imine (C=N–C) groups is 1. The molecule has 0 aliphatic carbocycles. The van der Waals surface area contributed by atoms with Gasteiger partial charge in [0.1, 0.15) is 24.2 Å². The SMILES string of the molecule is CCN1CCCC1CNC(=NCC(=O)N(C)C)NCC(C)Oc1ccc(F)cc1.I. The van der Waals surface area contributed by atoms with Crippen molar-refractivity contribution >= 4 is 35.8 Å². The molecule has 9 heteroatoms. The number of ether oxygens (including phenoxy) is 1. The molecule has 1 heterocycles. The van der Waals surface area contributed by atoms with E-state index in [1.807, 2.05) is 6.92 Å². The van der Waals surface area contributed by atoms with Crippen molar-refractivity contribution in [2.75, 3.05) is 46.8 Å². The highest BCUT2D eigenvalue weighted by Crippen LogP contribution is 2.15. The Balaban J connectivity index is 0.00000450. The molecule has 1 aromatic rings. The lowest BCUT2D eigenvalue weighted by molar-refractivity contribution is -0.127. The molecule has 0 saturated carbocycles. The molecule has 0 aromatic heterocycles. The number of likely N-dealkylation sites (N-methyl/N-ethyl adjacent to an activating group) is 2. The summed E-state index contributed by atoms with van der Waals surface area (Å²) in [6, 6.07) is 6.43. The van der Waals surface area contributed by atoms with Crippen LogP contribution in [0.1, 0.15) is 26.7 Å². The number of likely N-dealkylation sites (tertiary alicyclic amines) is 1. The zero-order valence-electron chi connectivity index (χ0n) is 18.4. The van der Waals surface area contributed by atoms with Gasteiger partial charge in [0.05, 0.1) is 6.54 Å². The summed E-state index contributed by atoms with van der Waals surface area (Å²) in [5.74, 6) is 0.857. The summed E-state index contributed by atoms with van der Waals surface area (Å²) in [6.45, 7) is 7.63. The van der Waals surface area contributed by atoms with Crippen LogP contribution in [0.4, 0.5) is 4.39 Å². The second-order valence-electron chi connectivity index (χ2n) is 7.52. The van der Waals surface area contributed by atoms with Gasteiger partial charge in [-0.25, -0.2) is 9.38 Å². The van der Waals surface area contributed by atoms with Crippen LogP contribution < -0.4 is 15.4 Å². The summed E-state index contributed by atoms with van der Waals surface area (Å²) in [5, 5.41) is 6.62. The molecule has 1 fully saturated rings. The van der Waals surface area contributed by atoms with E-state index in [0.29, 0.717) is 24.3 Å². The summed E-state index contributed by atoms with van der Waals surface area (Å²) < 4.78 is 18.8. The van der Waals surface area contributed by atoms with Crippen molar-refractivity contribution in [3.8, 4) is 5.75 Å². The smallest absolute Gasteiger partial charge is 0.243 e. The van der Waals surface area contributed by atoms with Crippen LogP contribution in [0.25, 0.3) is 0 Å². The molecule has 2 unspecified atom stereocenters. The Morgan fingerprint density at radius 3 is 2.67 bits per heavy atom. The van der Waals surface area contributed by atoms with Crippen LogP contribution in [0.3, 0.4) is 0 Å². The fourth-order valence-corrected chi connectivity index (χ4v) is 3.25. The first kappa shape index (κ1) is 26.4. The van der Waals surface area contributed by atoms with Crippen LogP contribution in [-0.4, -0.2) is 80.6 Å². The third-order valence-electron chi connectivity index (χ3n) is 4.99. The first-order valence-electron chi connectivity index (χ1n) is 10.3. The highest BCUT2D eigenvalue weighted by atomic mass is 127. The van der Waals surface area contributed by atoms with Crippen LogP contribution in [0, 0.1) is 5.82 Å². The lowest BCUT2D eigenvalue weighted by Crippen LogP contribution is -2.47. The molecular formula is C21H35FIN5O2. The van der Waals surface area contributed by atoms with Crippen LogP contribution >= 0.6 is 24.0 Å². The predicted octanol–water partition coefficient (Wildman–Crippen LogP) is 2.32. The van der Waals surface area contributed by atoms with E-state index in [0.717, 1.165) is 26.1 Å². The van der Waals surface area contributed by atoms with Gasteiger partial charge in [-0.3, -0.25) is 9.69 Å². The van der Waals surface area contributed by atoms with Crippen molar-refractivity contribution in [2.45, 2.75) is 38.8 Å². The monoisotopic (exact) mass is 535 g/mol. The van der Waals surface area contributed by atoms with Gasteiger partial charge in [0, 0.05) is 26.7 Å². The molecule has 2 atom stereocenters. The Morgan fingerprint density at radius 1 is 1.33 bits per heavy atom. The molecule has 1 amide bonds. The summed E-state index contributed by atoms with van der Waals surface area (Å²) in [4.78, 5) is 20.3. The van der Waals surface area contributed by atoms with E-state index in [-0.39, 0.29) is 48.3 Å². The van der Waals surface area contributed by atoms with Gasteiger partial charge < -0.3 is 20.3 Å². The predicted molar refractivity (Wildman–Crippen MR) is 129 cm³/mol. The highest BCUT2D eigenvalue weighted by Gasteiger charge is 2.23. The Morgan fingerprint density at radius 2 is 2.03 bits per heavy atom. The Kier molecular flexibility index (Phi) is 12.0. The number of hydrogen-bond donors (Lipinski definition) is 2. The Bertz CT molecular complexity index is 672. The Labute approximate surface area is 196 Å².